The number of amides is 2. The van der Waals surface area contributed by atoms with Crippen LogP contribution in [0, 0.1) is 5.92 Å². The SMILES string of the molecule is O=C([C@@H]1CC(=O)N(c2cccc(Cl)c2)C1)N1CCC(OCc2ccccc2)CC1. The summed E-state index contributed by atoms with van der Waals surface area (Å²) in [7, 11) is 0. The fourth-order valence-corrected chi connectivity index (χ4v) is 4.24. The number of hydrogen-bond donors (Lipinski definition) is 0. The van der Waals surface area contributed by atoms with Crippen LogP contribution in [0.5, 0.6) is 0 Å². The lowest BCUT2D eigenvalue weighted by atomic mass is 10.0. The number of benzene rings is 2. The van der Waals surface area contributed by atoms with E-state index in [0.29, 0.717) is 31.3 Å². The van der Waals surface area contributed by atoms with Gasteiger partial charge in [-0.2, -0.15) is 0 Å². The Labute approximate surface area is 176 Å². The summed E-state index contributed by atoms with van der Waals surface area (Å²) >= 11 is 6.05. The normalized spacial score (nSPS) is 20.3. The number of likely N-dealkylation sites (tertiary alicyclic amines) is 1. The van der Waals surface area contributed by atoms with E-state index in [0.717, 1.165) is 24.1 Å². The molecule has 0 aliphatic carbocycles. The minimum Gasteiger partial charge on any atom is -0.373 e. The van der Waals surface area contributed by atoms with Gasteiger partial charge in [0.05, 0.1) is 18.6 Å². The van der Waals surface area contributed by atoms with Gasteiger partial charge in [-0.3, -0.25) is 9.59 Å². The average molecular weight is 413 g/mol. The predicted molar refractivity (Wildman–Crippen MR) is 113 cm³/mol. The van der Waals surface area contributed by atoms with Gasteiger partial charge < -0.3 is 14.5 Å². The third-order valence-corrected chi connectivity index (χ3v) is 5.91. The first-order valence-corrected chi connectivity index (χ1v) is 10.5. The smallest absolute Gasteiger partial charge is 0.228 e. The molecule has 2 aromatic rings. The van der Waals surface area contributed by atoms with Crippen molar-refractivity contribution in [1.82, 2.24) is 4.90 Å². The van der Waals surface area contributed by atoms with Gasteiger partial charge in [0, 0.05) is 36.8 Å². The van der Waals surface area contributed by atoms with Gasteiger partial charge in [0.1, 0.15) is 0 Å². The number of piperidine rings is 1. The van der Waals surface area contributed by atoms with E-state index in [1.807, 2.05) is 35.2 Å². The van der Waals surface area contributed by atoms with Gasteiger partial charge in [-0.1, -0.05) is 48.0 Å². The number of carbonyl (C=O) groups excluding carboxylic acids is 2. The van der Waals surface area contributed by atoms with Gasteiger partial charge in [0.2, 0.25) is 11.8 Å². The fraction of sp³-hybridized carbons (Fsp3) is 0.391. The molecule has 0 bridgehead atoms. The van der Waals surface area contributed by atoms with Crippen molar-refractivity contribution in [1.29, 1.82) is 0 Å². The van der Waals surface area contributed by atoms with E-state index < -0.39 is 0 Å². The molecule has 0 aromatic heterocycles. The van der Waals surface area contributed by atoms with Crippen LogP contribution >= 0.6 is 11.6 Å². The molecule has 5 nitrogen and oxygen atoms in total. The Morgan fingerprint density at radius 3 is 2.55 bits per heavy atom. The number of rotatable bonds is 5. The molecule has 152 valence electrons. The van der Waals surface area contributed by atoms with Crippen LogP contribution in [0.2, 0.25) is 5.02 Å². The quantitative estimate of drug-likeness (QED) is 0.748. The molecule has 2 heterocycles. The van der Waals surface area contributed by atoms with Crippen LogP contribution in [-0.4, -0.2) is 42.5 Å². The fourth-order valence-electron chi connectivity index (χ4n) is 4.06. The zero-order chi connectivity index (χ0) is 20.2. The molecule has 4 rings (SSSR count). The number of nitrogens with zero attached hydrogens (tertiary/aromatic N) is 2. The topological polar surface area (TPSA) is 49.9 Å². The largest absolute Gasteiger partial charge is 0.373 e. The van der Waals surface area contributed by atoms with Crippen LogP contribution in [-0.2, 0) is 20.9 Å². The molecular weight excluding hydrogens is 388 g/mol. The van der Waals surface area contributed by atoms with Crippen LogP contribution in [0.1, 0.15) is 24.8 Å². The lowest BCUT2D eigenvalue weighted by Crippen LogP contribution is -2.44. The van der Waals surface area contributed by atoms with Crippen molar-refractivity contribution in [2.24, 2.45) is 5.92 Å². The van der Waals surface area contributed by atoms with Crippen molar-refractivity contribution in [2.45, 2.75) is 32.0 Å². The van der Waals surface area contributed by atoms with Gasteiger partial charge >= 0.3 is 0 Å². The molecule has 2 aliphatic heterocycles. The van der Waals surface area contributed by atoms with Crippen LogP contribution in [0.25, 0.3) is 0 Å². The molecule has 2 aliphatic rings. The van der Waals surface area contributed by atoms with Crippen LogP contribution in [0.3, 0.4) is 0 Å². The molecule has 0 saturated carbocycles. The summed E-state index contributed by atoms with van der Waals surface area (Å²) in [6, 6.07) is 17.3. The molecule has 1 atom stereocenters. The molecule has 6 heteroatoms. The molecule has 2 amide bonds. The molecule has 2 aromatic carbocycles. The summed E-state index contributed by atoms with van der Waals surface area (Å²) in [6.45, 7) is 2.38. The highest BCUT2D eigenvalue weighted by molar-refractivity contribution is 6.31. The van der Waals surface area contributed by atoms with E-state index in [-0.39, 0.29) is 30.3 Å². The van der Waals surface area contributed by atoms with Crippen LogP contribution < -0.4 is 4.90 Å². The van der Waals surface area contributed by atoms with Crippen LogP contribution in [0.15, 0.2) is 54.6 Å². The third-order valence-electron chi connectivity index (χ3n) is 5.68. The van der Waals surface area contributed by atoms with E-state index in [9.17, 15) is 9.59 Å². The van der Waals surface area contributed by atoms with Crippen molar-refractivity contribution < 1.29 is 14.3 Å². The Bertz CT molecular complexity index is 865. The highest BCUT2D eigenvalue weighted by atomic mass is 35.5. The molecule has 2 fully saturated rings. The minimum absolute atomic E-state index is 0.0216. The summed E-state index contributed by atoms with van der Waals surface area (Å²) in [4.78, 5) is 29.0. The van der Waals surface area contributed by atoms with Gasteiger partial charge in [-0.25, -0.2) is 0 Å². The number of anilines is 1. The van der Waals surface area contributed by atoms with Gasteiger partial charge in [0.15, 0.2) is 0 Å². The van der Waals surface area contributed by atoms with Crippen molar-refractivity contribution in [3.05, 3.63) is 65.2 Å². The monoisotopic (exact) mass is 412 g/mol. The summed E-state index contributed by atoms with van der Waals surface area (Å²) in [5.74, 6) is -0.237. The van der Waals surface area contributed by atoms with E-state index in [1.165, 1.54) is 0 Å². The molecule has 0 spiro atoms. The molecule has 29 heavy (non-hydrogen) atoms. The Hall–Kier alpha value is -2.37. The summed E-state index contributed by atoms with van der Waals surface area (Å²) in [5.41, 5.74) is 1.92. The van der Waals surface area contributed by atoms with Gasteiger partial charge in [-0.15, -0.1) is 0 Å². The Balaban J connectivity index is 1.28. The summed E-state index contributed by atoms with van der Waals surface area (Å²) < 4.78 is 6.01. The minimum atomic E-state index is -0.289. The van der Waals surface area contributed by atoms with Crippen molar-refractivity contribution in [2.75, 3.05) is 24.5 Å². The Kier molecular flexibility index (Phi) is 6.16. The number of halogens is 1. The zero-order valence-electron chi connectivity index (χ0n) is 16.3. The van der Waals surface area contributed by atoms with E-state index in [2.05, 4.69) is 12.1 Å². The first-order chi connectivity index (χ1) is 14.1. The molecule has 0 unspecified atom stereocenters. The standard InChI is InChI=1S/C23H25ClN2O3/c24-19-7-4-8-20(14-19)26-15-18(13-22(26)27)23(28)25-11-9-21(10-12-25)29-16-17-5-2-1-3-6-17/h1-8,14,18,21H,9-13,15-16H2/t18-/m1/s1. The lowest BCUT2D eigenvalue weighted by molar-refractivity contribution is -0.138. The highest BCUT2D eigenvalue weighted by Gasteiger charge is 2.38. The summed E-state index contributed by atoms with van der Waals surface area (Å²) in [6.07, 6.45) is 2.09. The molecule has 0 radical (unpaired) electrons. The second kappa shape index (κ2) is 8.97. The van der Waals surface area contributed by atoms with Crippen molar-refractivity contribution >= 4 is 29.1 Å². The Morgan fingerprint density at radius 2 is 1.83 bits per heavy atom. The number of hydrogen-bond acceptors (Lipinski definition) is 3. The number of ether oxygens (including phenoxy) is 1. The summed E-state index contributed by atoms with van der Waals surface area (Å²) in [5, 5.41) is 0.586. The molecule has 0 N–H and O–H groups in total. The predicted octanol–water partition coefficient (Wildman–Crippen LogP) is 3.90. The maximum atomic E-state index is 13.0. The maximum absolute atomic E-state index is 13.0. The lowest BCUT2D eigenvalue weighted by Gasteiger charge is -2.33. The van der Waals surface area contributed by atoms with Gasteiger partial charge in [-0.05, 0) is 36.6 Å². The first kappa shape index (κ1) is 19.9. The van der Waals surface area contributed by atoms with Gasteiger partial charge in [0.25, 0.3) is 0 Å². The second-order valence-corrected chi connectivity index (χ2v) is 8.14. The first-order valence-electron chi connectivity index (χ1n) is 10.1. The van der Waals surface area contributed by atoms with Crippen molar-refractivity contribution in [3.63, 3.8) is 0 Å². The molecule has 2 saturated heterocycles. The van der Waals surface area contributed by atoms with E-state index in [1.54, 1.807) is 17.0 Å². The Morgan fingerprint density at radius 1 is 1.07 bits per heavy atom. The highest BCUT2D eigenvalue weighted by Crippen LogP contribution is 2.29. The van der Waals surface area contributed by atoms with E-state index >= 15 is 0 Å². The molecular formula is C23H25ClN2O3. The van der Waals surface area contributed by atoms with E-state index in [4.69, 9.17) is 16.3 Å². The maximum Gasteiger partial charge on any atom is 0.228 e. The average Bonchev–Trinajstić information content (AvgIpc) is 3.14. The third kappa shape index (κ3) is 4.80. The zero-order valence-corrected chi connectivity index (χ0v) is 17.1. The van der Waals surface area contributed by atoms with Crippen LogP contribution in [0.4, 0.5) is 5.69 Å². The van der Waals surface area contributed by atoms with Crippen molar-refractivity contribution in [3.8, 4) is 0 Å². The number of carbonyl (C=O) groups is 2. The second-order valence-electron chi connectivity index (χ2n) is 7.71.